The van der Waals surface area contributed by atoms with E-state index in [0.29, 0.717) is 13.1 Å². The summed E-state index contributed by atoms with van der Waals surface area (Å²) in [5.74, 6) is 0.920. The van der Waals surface area contributed by atoms with Gasteiger partial charge in [-0.25, -0.2) is 4.98 Å². The van der Waals surface area contributed by atoms with Crippen molar-refractivity contribution in [2.24, 2.45) is 0 Å². The highest BCUT2D eigenvalue weighted by atomic mass is 16.2. The van der Waals surface area contributed by atoms with Crippen LogP contribution in [0.4, 0.5) is 11.5 Å². The lowest BCUT2D eigenvalue weighted by Gasteiger charge is -2.40. The highest BCUT2D eigenvalue weighted by Crippen LogP contribution is 2.37. The molecule has 22 heavy (non-hydrogen) atoms. The first-order chi connectivity index (χ1) is 10.8. The number of nitrogens with zero attached hydrogens (tertiary/aromatic N) is 2. The SMILES string of the molecule is O=C1N(Cc2ccccc2)c2cccnc2N[C@@]12CCNC2. The third-order valence-electron chi connectivity index (χ3n) is 4.43. The highest BCUT2D eigenvalue weighted by molar-refractivity contribution is 6.07. The Morgan fingerprint density at radius 3 is 2.82 bits per heavy atom. The van der Waals surface area contributed by atoms with Crippen molar-refractivity contribution in [1.29, 1.82) is 0 Å². The quantitative estimate of drug-likeness (QED) is 0.886. The summed E-state index contributed by atoms with van der Waals surface area (Å²) in [6.07, 6.45) is 2.55. The Hall–Kier alpha value is -2.40. The van der Waals surface area contributed by atoms with E-state index >= 15 is 0 Å². The number of anilines is 2. The Kier molecular flexibility index (Phi) is 3.08. The van der Waals surface area contributed by atoms with E-state index in [4.69, 9.17) is 0 Å². The fourth-order valence-corrected chi connectivity index (χ4v) is 3.26. The molecule has 0 unspecified atom stereocenters. The molecule has 2 aliphatic rings. The van der Waals surface area contributed by atoms with Crippen molar-refractivity contribution in [2.45, 2.75) is 18.5 Å². The maximum atomic E-state index is 13.1. The molecule has 112 valence electrons. The average molecular weight is 294 g/mol. The van der Waals surface area contributed by atoms with Gasteiger partial charge in [0, 0.05) is 12.7 Å². The number of carbonyl (C=O) groups is 1. The van der Waals surface area contributed by atoms with E-state index < -0.39 is 5.54 Å². The number of fused-ring (bicyclic) bond motifs is 1. The van der Waals surface area contributed by atoms with Crippen molar-refractivity contribution in [3.8, 4) is 0 Å². The number of benzene rings is 1. The lowest BCUT2D eigenvalue weighted by Crippen LogP contribution is -2.58. The molecule has 1 saturated heterocycles. The first-order valence-electron chi connectivity index (χ1n) is 7.58. The molecule has 1 atom stereocenters. The van der Waals surface area contributed by atoms with Crippen LogP contribution in [0.5, 0.6) is 0 Å². The molecule has 0 aliphatic carbocycles. The zero-order chi connectivity index (χ0) is 15.0. The van der Waals surface area contributed by atoms with Crippen LogP contribution in [0, 0.1) is 0 Å². The molecular weight excluding hydrogens is 276 g/mol. The summed E-state index contributed by atoms with van der Waals surface area (Å²) < 4.78 is 0. The number of hydrogen-bond acceptors (Lipinski definition) is 4. The number of hydrogen-bond donors (Lipinski definition) is 2. The topological polar surface area (TPSA) is 57.3 Å². The third kappa shape index (κ3) is 2.05. The Bertz CT molecular complexity index is 695. The molecule has 1 aromatic carbocycles. The number of pyridine rings is 1. The lowest BCUT2D eigenvalue weighted by molar-refractivity contribution is -0.122. The van der Waals surface area contributed by atoms with Crippen LogP contribution < -0.4 is 15.5 Å². The first-order valence-corrected chi connectivity index (χ1v) is 7.58. The van der Waals surface area contributed by atoms with Gasteiger partial charge in [0.1, 0.15) is 5.54 Å². The van der Waals surface area contributed by atoms with Gasteiger partial charge in [-0.3, -0.25) is 4.79 Å². The number of carbonyl (C=O) groups excluding carboxylic acids is 1. The minimum atomic E-state index is -0.559. The second-order valence-corrected chi connectivity index (χ2v) is 5.88. The summed E-state index contributed by atoms with van der Waals surface area (Å²) in [6, 6.07) is 13.9. The van der Waals surface area contributed by atoms with Crippen LogP contribution in [-0.4, -0.2) is 29.5 Å². The minimum absolute atomic E-state index is 0.127. The summed E-state index contributed by atoms with van der Waals surface area (Å²) in [5, 5.41) is 6.66. The molecule has 2 aromatic rings. The maximum Gasteiger partial charge on any atom is 0.254 e. The van der Waals surface area contributed by atoms with Gasteiger partial charge in [0.2, 0.25) is 0 Å². The van der Waals surface area contributed by atoms with Crippen LogP contribution in [0.1, 0.15) is 12.0 Å². The summed E-state index contributed by atoms with van der Waals surface area (Å²) >= 11 is 0. The number of rotatable bonds is 2. The van der Waals surface area contributed by atoms with Gasteiger partial charge in [-0.15, -0.1) is 0 Å². The molecule has 3 heterocycles. The minimum Gasteiger partial charge on any atom is -0.353 e. The number of aromatic nitrogens is 1. The van der Waals surface area contributed by atoms with Gasteiger partial charge in [-0.2, -0.15) is 0 Å². The molecule has 2 N–H and O–H groups in total. The van der Waals surface area contributed by atoms with Gasteiger partial charge < -0.3 is 15.5 Å². The molecule has 2 aliphatic heterocycles. The summed E-state index contributed by atoms with van der Waals surface area (Å²) in [7, 11) is 0. The zero-order valence-corrected chi connectivity index (χ0v) is 12.2. The van der Waals surface area contributed by atoms with Crippen LogP contribution in [0.3, 0.4) is 0 Å². The van der Waals surface area contributed by atoms with E-state index in [2.05, 4.69) is 15.6 Å². The van der Waals surface area contributed by atoms with Crippen molar-refractivity contribution >= 4 is 17.4 Å². The first kappa shape index (κ1) is 13.3. The van der Waals surface area contributed by atoms with Crippen LogP contribution in [0.15, 0.2) is 48.7 Å². The van der Waals surface area contributed by atoms with Crippen LogP contribution in [0.2, 0.25) is 0 Å². The highest BCUT2D eigenvalue weighted by Gasteiger charge is 2.48. The van der Waals surface area contributed by atoms with Gasteiger partial charge in [0.25, 0.3) is 5.91 Å². The van der Waals surface area contributed by atoms with Crippen molar-refractivity contribution in [3.05, 3.63) is 54.2 Å². The Balaban J connectivity index is 1.76. The van der Waals surface area contributed by atoms with Crippen molar-refractivity contribution in [3.63, 3.8) is 0 Å². The van der Waals surface area contributed by atoms with Gasteiger partial charge in [0.05, 0.1) is 12.2 Å². The van der Waals surface area contributed by atoms with Crippen LogP contribution >= 0.6 is 0 Å². The van der Waals surface area contributed by atoms with E-state index in [-0.39, 0.29) is 5.91 Å². The molecule has 1 aromatic heterocycles. The third-order valence-corrected chi connectivity index (χ3v) is 4.43. The van der Waals surface area contributed by atoms with E-state index in [1.54, 1.807) is 6.20 Å². The standard InChI is InChI=1S/C17H18N4O/c22-16-17(8-10-18-12-17)20-15-14(7-4-9-19-15)21(16)11-13-5-2-1-3-6-13/h1-7,9,18H,8,10-12H2,(H,19,20)/t17-/m1/s1. The molecular formula is C17H18N4O. The normalized spacial score (nSPS) is 23.5. The van der Waals surface area contributed by atoms with E-state index in [9.17, 15) is 4.79 Å². The zero-order valence-electron chi connectivity index (χ0n) is 12.2. The maximum absolute atomic E-state index is 13.1. The predicted molar refractivity (Wildman–Crippen MR) is 85.7 cm³/mol. The summed E-state index contributed by atoms with van der Waals surface area (Å²) in [6.45, 7) is 2.06. The monoisotopic (exact) mass is 294 g/mol. The molecule has 0 bridgehead atoms. The van der Waals surface area contributed by atoms with Crippen molar-refractivity contribution in [2.75, 3.05) is 23.3 Å². The smallest absolute Gasteiger partial charge is 0.254 e. The number of nitrogens with one attached hydrogen (secondary N) is 2. The second-order valence-electron chi connectivity index (χ2n) is 5.88. The van der Waals surface area contributed by atoms with Crippen molar-refractivity contribution in [1.82, 2.24) is 10.3 Å². The Labute approximate surface area is 129 Å². The van der Waals surface area contributed by atoms with Gasteiger partial charge in [-0.1, -0.05) is 30.3 Å². The molecule has 0 radical (unpaired) electrons. The average Bonchev–Trinajstić information content (AvgIpc) is 3.02. The molecule has 0 saturated carbocycles. The molecule has 1 amide bonds. The molecule has 1 spiro atoms. The Morgan fingerprint density at radius 1 is 1.18 bits per heavy atom. The fourth-order valence-electron chi connectivity index (χ4n) is 3.26. The van der Waals surface area contributed by atoms with E-state index in [1.165, 1.54) is 0 Å². The molecule has 1 fully saturated rings. The van der Waals surface area contributed by atoms with Crippen molar-refractivity contribution < 1.29 is 4.79 Å². The molecule has 5 nitrogen and oxygen atoms in total. The van der Waals surface area contributed by atoms with Crippen LogP contribution in [0.25, 0.3) is 0 Å². The van der Waals surface area contributed by atoms with E-state index in [1.807, 2.05) is 47.4 Å². The predicted octanol–water partition coefficient (Wildman–Crippen LogP) is 1.77. The largest absolute Gasteiger partial charge is 0.353 e. The Morgan fingerprint density at radius 2 is 2.05 bits per heavy atom. The summed E-state index contributed by atoms with van der Waals surface area (Å²) in [5.41, 5.74) is 1.42. The van der Waals surface area contributed by atoms with E-state index in [0.717, 1.165) is 30.0 Å². The number of amides is 1. The fraction of sp³-hybridized carbons (Fsp3) is 0.294. The van der Waals surface area contributed by atoms with Gasteiger partial charge in [-0.05, 0) is 30.7 Å². The van der Waals surface area contributed by atoms with Gasteiger partial charge >= 0.3 is 0 Å². The second kappa shape index (κ2) is 5.10. The molecule has 4 rings (SSSR count). The lowest BCUT2D eigenvalue weighted by atomic mass is 9.93. The summed E-state index contributed by atoms with van der Waals surface area (Å²) in [4.78, 5) is 19.4. The van der Waals surface area contributed by atoms with Crippen LogP contribution in [-0.2, 0) is 11.3 Å². The van der Waals surface area contributed by atoms with Gasteiger partial charge in [0.15, 0.2) is 5.82 Å². The molecule has 5 heteroatoms.